The molecule has 0 aromatic heterocycles. The molecule has 0 bridgehead atoms. The molecule has 0 radical (unpaired) electrons. The fourth-order valence-electron chi connectivity index (χ4n) is 1.56. The van der Waals surface area contributed by atoms with Crippen molar-refractivity contribution in [2.24, 2.45) is 0 Å². The minimum absolute atomic E-state index is 0.132. The molecule has 1 unspecified atom stereocenters. The predicted molar refractivity (Wildman–Crippen MR) is 62.1 cm³/mol. The van der Waals surface area contributed by atoms with Gasteiger partial charge in [0.1, 0.15) is 0 Å². The van der Waals surface area contributed by atoms with E-state index >= 15 is 0 Å². The van der Waals surface area contributed by atoms with Crippen LogP contribution < -0.4 is 9.47 Å². The summed E-state index contributed by atoms with van der Waals surface area (Å²) in [5, 5.41) is 9.13. The van der Waals surface area contributed by atoms with Crippen LogP contribution in [0.25, 0.3) is 0 Å². The highest BCUT2D eigenvalue weighted by molar-refractivity contribution is 5.44. The van der Waals surface area contributed by atoms with Gasteiger partial charge < -0.3 is 14.6 Å². The lowest BCUT2D eigenvalue weighted by Crippen LogP contribution is -2.02. The summed E-state index contributed by atoms with van der Waals surface area (Å²) in [7, 11) is 1.64. The van der Waals surface area contributed by atoms with Gasteiger partial charge in [0.2, 0.25) is 0 Å². The lowest BCUT2D eigenvalue weighted by atomic mass is 10.0. The van der Waals surface area contributed by atoms with E-state index in [1.165, 1.54) is 0 Å². The lowest BCUT2D eigenvalue weighted by Gasteiger charge is -2.14. The number of ether oxygens (including phenoxy) is 2. The van der Waals surface area contributed by atoms with Crippen molar-refractivity contribution in [2.75, 3.05) is 13.7 Å². The Hall–Kier alpha value is -1.22. The van der Waals surface area contributed by atoms with E-state index in [4.69, 9.17) is 14.6 Å². The maximum atomic E-state index is 9.13. The predicted octanol–water partition coefficient (Wildman–Crippen LogP) is 2.33. The Morgan fingerprint density at radius 2 is 2.12 bits per heavy atom. The summed E-state index contributed by atoms with van der Waals surface area (Å²) < 4.78 is 11.0. The quantitative estimate of drug-likeness (QED) is 0.831. The molecule has 1 aliphatic carbocycles. The van der Waals surface area contributed by atoms with Gasteiger partial charge in [-0.15, -0.1) is 0 Å². The average Bonchev–Trinajstić information content (AvgIpc) is 3.12. The van der Waals surface area contributed by atoms with E-state index in [-0.39, 0.29) is 12.5 Å². The highest BCUT2D eigenvalue weighted by atomic mass is 16.5. The molecule has 1 aromatic carbocycles. The molecule has 1 fully saturated rings. The number of methoxy groups -OCH3 is 1. The van der Waals surface area contributed by atoms with Gasteiger partial charge in [0.05, 0.1) is 13.2 Å². The molecule has 16 heavy (non-hydrogen) atoms. The molecule has 88 valence electrons. The number of rotatable bonds is 5. The minimum Gasteiger partial charge on any atom is -0.493 e. The number of hydrogen-bond acceptors (Lipinski definition) is 3. The van der Waals surface area contributed by atoms with Crippen molar-refractivity contribution in [3.63, 3.8) is 0 Å². The summed E-state index contributed by atoms with van der Waals surface area (Å²) in [6.07, 6.45) is 2.61. The zero-order chi connectivity index (χ0) is 11.5. The van der Waals surface area contributed by atoms with Crippen molar-refractivity contribution in [1.82, 2.24) is 0 Å². The van der Waals surface area contributed by atoms with E-state index < -0.39 is 0 Å². The van der Waals surface area contributed by atoms with Crippen LogP contribution in [0, 0.1) is 0 Å². The first-order valence-electron chi connectivity index (χ1n) is 5.70. The second kappa shape index (κ2) is 4.74. The van der Waals surface area contributed by atoms with Gasteiger partial charge in [0, 0.05) is 12.5 Å². The van der Waals surface area contributed by atoms with Crippen LogP contribution in [-0.4, -0.2) is 24.9 Å². The van der Waals surface area contributed by atoms with Crippen molar-refractivity contribution in [2.45, 2.75) is 31.8 Å². The van der Waals surface area contributed by atoms with E-state index in [0.717, 1.165) is 29.9 Å². The number of aliphatic hydroxyl groups is 1. The van der Waals surface area contributed by atoms with Gasteiger partial charge in [0.15, 0.2) is 11.5 Å². The third-order valence-electron chi connectivity index (χ3n) is 2.85. The molecule has 3 nitrogen and oxygen atoms in total. The Bertz CT molecular complexity index is 358. The van der Waals surface area contributed by atoms with Gasteiger partial charge in [-0.05, 0) is 30.5 Å². The maximum absolute atomic E-state index is 9.13. The zero-order valence-electron chi connectivity index (χ0n) is 9.77. The number of aliphatic hydroxyl groups excluding tert-OH is 1. The van der Waals surface area contributed by atoms with Crippen LogP contribution >= 0.6 is 0 Å². The van der Waals surface area contributed by atoms with E-state index in [9.17, 15) is 0 Å². The van der Waals surface area contributed by atoms with Crippen molar-refractivity contribution in [3.8, 4) is 11.5 Å². The molecule has 1 saturated carbocycles. The first-order chi connectivity index (χ1) is 7.74. The molecule has 0 heterocycles. The molecule has 3 heteroatoms. The zero-order valence-corrected chi connectivity index (χ0v) is 9.77. The normalized spacial score (nSPS) is 16.9. The van der Waals surface area contributed by atoms with Crippen LogP contribution in [0.2, 0.25) is 0 Å². The Kier molecular flexibility index (Phi) is 3.34. The monoisotopic (exact) mass is 222 g/mol. The van der Waals surface area contributed by atoms with Crippen molar-refractivity contribution in [3.05, 3.63) is 23.8 Å². The summed E-state index contributed by atoms with van der Waals surface area (Å²) in [5.74, 6) is 1.69. The molecule has 1 aliphatic rings. The number of benzene rings is 1. The second-order valence-corrected chi connectivity index (χ2v) is 4.31. The van der Waals surface area contributed by atoms with Gasteiger partial charge >= 0.3 is 0 Å². The van der Waals surface area contributed by atoms with E-state index in [2.05, 4.69) is 0 Å². The van der Waals surface area contributed by atoms with Crippen LogP contribution in [0.15, 0.2) is 18.2 Å². The van der Waals surface area contributed by atoms with Crippen LogP contribution in [-0.2, 0) is 0 Å². The fourth-order valence-corrected chi connectivity index (χ4v) is 1.56. The molecule has 2 rings (SSSR count). The molecule has 0 saturated heterocycles. The molecule has 1 N–H and O–H groups in total. The van der Waals surface area contributed by atoms with Gasteiger partial charge in [-0.2, -0.15) is 0 Å². The van der Waals surface area contributed by atoms with Crippen LogP contribution in [0.1, 0.15) is 31.2 Å². The lowest BCUT2D eigenvalue weighted by molar-refractivity contribution is 0.269. The highest BCUT2D eigenvalue weighted by Crippen LogP contribution is 2.35. The molecular formula is C13H18O3. The standard InChI is InChI=1S/C13H18O3/c1-9(8-14)10-3-6-12(15-2)13(7-10)16-11-4-5-11/h3,6-7,9,11,14H,4-5,8H2,1-2H3. The van der Waals surface area contributed by atoms with E-state index in [0.29, 0.717) is 6.10 Å². The number of hydrogen-bond donors (Lipinski definition) is 1. The van der Waals surface area contributed by atoms with E-state index in [1.54, 1.807) is 7.11 Å². The Labute approximate surface area is 96.0 Å². The Morgan fingerprint density at radius 1 is 1.38 bits per heavy atom. The van der Waals surface area contributed by atoms with Gasteiger partial charge in [-0.3, -0.25) is 0 Å². The SMILES string of the molecule is COc1ccc(C(C)CO)cc1OC1CC1. The summed E-state index contributed by atoms with van der Waals surface area (Å²) in [4.78, 5) is 0. The second-order valence-electron chi connectivity index (χ2n) is 4.31. The van der Waals surface area contributed by atoms with E-state index in [1.807, 2.05) is 25.1 Å². The van der Waals surface area contributed by atoms with Gasteiger partial charge in [-0.25, -0.2) is 0 Å². The summed E-state index contributed by atoms with van der Waals surface area (Å²) >= 11 is 0. The van der Waals surface area contributed by atoms with Gasteiger partial charge in [-0.1, -0.05) is 13.0 Å². The Balaban J connectivity index is 2.22. The molecule has 1 aromatic rings. The summed E-state index contributed by atoms with van der Waals surface area (Å²) in [5.41, 5.74) is 1.08. The van der Waals surface area contributed by atoms with Crippen molar-refractivity contribution >= 4 is 0 Å². The summed E-state index contributed by atoms with van der Waals surface area (Å²) in [6.45, 7) is 2.14. The largest absolute Gasteiger partial charge is 0.493 e. The first kappa shape index (κ1) is 11.3. The molecular weight excluding hydrogens is 204 g/mol. The van der Waals surface area contributed by atoms with Crippen LogP contribution in [0.4, 0.5) is 0 Å². The van der Waals surface area contributed by atoms with Crippen molar-refractivity contribution in [1.29, 1.82) is 0 Å². The maximum Gasteiger partial charge on any atom is 0.161 e. The molecule has 0 spiro atoms. The summed E-state index contributed by atoms with van der Waals surface area (Å²) in [6, 6.07) is 5.84. The van der Waals surface area contributed by atoms with Crippen molar-refractivity contribution < 1.29 is 14.6 Å². The first-order valence-corrected chi connectivity index (χ1v) is 5.70. The smallest absolute Gasteiger partial charge is 0.161 e. The fraction of sp³-hybridized carbons (Fsp3) is 0.538. The van der Waals surface area contributed by atoms with Crippen LogP contribution in [0.3, 0.4) is 0 Å². The molecule has 1 atom stereocenters. The third kappa shape index (κ3) is 2.47. The van der Waals surface area contributed by atoms with Crippen LogP contribution in [0.5, 0.6) is 11.5 Å². The third-order valence-corrected chi connectivity index (χ3v) is 2.85. The average molecular weight is 222 g/mol. The molecule has 0 aliphatic heterocycles. The Morgan fingerprint density at radius 3 is 2.69 bits per heavy atom. The topological polar surface area (TPSA) is 38.7 Å². The minimum atomic E-state index is 0.132. The highest BCUT2D eigenvalue weighted by Gasteiger charge is 2.25. The van der Waals surface area contributed by atoms with Gasteiger partial charge in [0.25, 0.3) is 0 Å². The molecule has 0 amide bonds.